The molecule has 0 bridgehead atoms. The molecule has 1 fully saturated rings. The van der Waals surface area contributed by atoms with Gasteiger partial charge in [0.15, 0.2) is 0 Å². The van der Waals surface area contributed by atoms with E-state index in [1.165, 1.54) is 5.57 Å². The molecule has 2 N–H and O–H groups in total. The number of phenolic OH excluding ortho intramolecular Hbond substituents is 1. The molecule has 194 valence electrons. The van der Waals surface area contributed by atoms with Crippen LogP contribution in [0.5, 0.6) is 11.5 Å². The molecule has 0 spiro atoms. The molecule has 6 nitrogen and oxygen atoms in total. The first-order valence-corrected chi connectivity index (χ1v) is 13.6. The van der Waals surface area contributed by atoms with Gasteiger partial charge in [0, 0.05) is 37.0 Å². The Labute approximate surface area is 211 Å². The topological polar surface area (TPSA) is 71.0 Å². The van der Waals surface area contributed by atoms with E-state index < -0.39 is 0 Å². The number of ether oxygens (including phenoxy) is 2. The van der Waals surface area contributed by atoms with Crippen LogP contribution >= 0.6 is 0 Å². The molecular formula is C29H44N2O4. The van der Waals surface area contributed by atoms with Gasteiger partial charge in [0.05, 0.1) is 18.8 Å². The number of benzene rings is 1. The lowest BCUT2D eigenvalue weighted by Crippen LogP contribution is -2.45. The third-order valence-electron chi connectivity index (χ3n) is 8.05. The predicted octanol–water partition coefficient (Wildman–Crippen LogP) is 5.19. The van der Waals surface area contributed by atoms with Gasteiger partial charge >= 0.3 is 0 Å². The van der Waals surface area contributed by atoms with Crippen molar-refractivity contribution in [2.24, 2.45) is 5.92 Å². The number of fused-ring (bicyclic) bond motifs is 3. The zero-order valence-electron chi connectivity index (χ0n) is 22.1. The number of rotatable bonds is 9. The number of aromatic hydroxyl groups is 1. The van der Waals surface area contributed by atoms with Gasteiger partial charge in [-0.3, -0.25) is 9.69 Å². The number of phenols is 1. The Kier molecular flexibility index (Phi) is 8.43. The van der Waals surface area contributed by atoms with Gasteiger partial charge in [0.25, 0.3) is 5.91 Å². The highest BCUT2D eigenvalue weighted by Gasteiger charge is 2.46. The van der Waals surface area contributed by atoms with Crippen LogP contribution < -0.4 is 10.1 Å². The van der Waals surface area contributed by atoms with E-state index in [4.69, 9.17) is 9.47 Å². The lowest BCUT2D eigenvalue weighted by molar-refractivity contribution is 0.0107. The van der Waals surface area contributed by atoms with Crippen LogP contribution in [0.2, 0.25) is 0 Å². The molecular weight excluding hydrogens is 440 g/mol. The summed E-state index contributed by atoms with van der Waals surface area (Å²) in [6.45, 7) is 13.7. The van der Waals surface area contributed by atoms with Crippen molar-refractivity contribution in [3.63, 3.8) is 0 Å². The molecule has 2 heterocycles. The molecule has 2 aliphatic heterocycles. The van der Waals surface area contributed by atoms with Crippen molar-refractivity contribution in [2.75, 3.05) is 39.4 Å². The minimum absolute atomic E-state index is 0.0695. The van der Waals surface area contributed by atoms with E-state index >= 15 is 0 Å². The maximum atomic E-state index is 13.4. The summed E-state index contributed by atoms with van der Waals surface area (Å²) in [5.74, 6) is 1.04. The Hall–Kier alpha value is -2.05. The minimum atomic E-state index is -0.314. The van der Waals surface area contributed by atoms with E-state index in [2.05, 4.69) is 44.0 Å². The lowest BCUT2D eigenvalue weighted by atomic mass is 9.67. The van der Waals surface area contributed by atoms with Crippen LogP contribution in [-0.2, 0) is 11.2 Å². The summed E-state index contributed by atoms with van der Waals surface area (Å²) in [4.78, 5) is 15.8. The Balaban J connectivity index is 1.59. The average molecular weight is 485 g/mol. The SMILES string of the molecule is CCCCCc1cc2c(c(O)c1C(=O)NCCCN1CCOCC1)C1C=C(C)CC[C@H]1C(C)(C)O2. The molecule has 1 aliphatic carbocycles. The summed E-state index contributed by atoms with van der Waals surface area (Å²) < 4.78 is 11.9. The fourth-order valence-electron chi connectivity index (χ4n) is 6.04. The largest absolute Gasteiger partial charge is 0.507 e. The van der Waals surface area contributed by atoms with E-state index in [0.717, 1.165) is 94.7 Å². The average Bonchev–Trinajstić information content (AvgIpc) is 2.82. The number of amides is 1. The predicted molar refractivity (Wildman–Crippen MR) is 139 cm³/mol. The summed E-state index contributed by atoms with van der Waals surface area (Å²) in [5, 5.41) is 14.7. The van der Waals surface area contributed by atoms with Crippen LogP contribution in [0.4, 0.5) is 0 Å². The van der Waals surface area contributed by atoms with Gasteiger partial charge in [0.1, 0.15) is 17.1 Å². The fraction of sp³-hybridized carbons (Fsp3) is 0.690. The van der Waals surface area contributed by atoms with Crippen molar-refractivity contribution in [1.29, 1.82) is 0 Å². The van der Waals surface area contributed by atoms with Crippen molar-refractivity contribution in [3.05, 3.63) is 34.4 Å². The normalized spacial score (nSPS) is 23.6. The molecule has 1 aromatic rings. The first-order valence-electron chi connectivity index (χ1n) is 13.6. The molecule has 6 heteroatoms. The Bertz CT molecular complexity index is 933. The van der Waals surface area contributed by atoms with Crippen molar-refractivity contribution < 1.29 is 19.4 Å². The summed E-state index contributed by atoms with van der Waals surface area (Å²) >= 11 is 0. The van der Waals surface area contributed by atoms with Crippen LogP contribution in [-0.4, -0.2) is 60.9 Å². The number of allylic oxidation sites excluding steroid dienone is 2. The highest BCUT2D eigenvalue weighted by atomic mass is 16.5. The second-order valence-corrected chi connectivity index (χ2v) is 11.1. The summed E-state index contributed by atoms with van der Waals surface area (Å²) in [6, 6.07) is 2.04. The quantitative estimate of drug-likeness (QED) is 0.373. The third-order valence-corrected chi connectivity index (χ3v) is 8.05. The van der Waals surface area contributed by atoms with E-state index in [-0.39, 0.29) is 29.1 Å². The highest BCUT2D eigenvalue weighted by molar-refractivity contribution is 5.99. The maximum absolute atomic E-state index is 13.4. The van der Waals surface area contributed by atoms with Gasteiger partial charge in [0.2, 0.25) is 0 Å². The number of nitrogens with zero attached hydrogens (tertiary/aromatic N) is 1. The Morgan fingerprint density at radius 3 is 2.74 bits per heavy atom. The number of morpholine rings is 1. The van der Waals surface area contributed by atoms with Crippen molar-refractivity contribution in [2.45, 2.75) is 84.2 Å². The van der Waals surface area contributed by atoms with E-state index in [1.54, 1.807) is 0 Å². The first-order chi connectivity index (χ1) is 16.8. The molecule has 4 rings (SSSR count). The highest BCUT2D eigenvalue weighted by Crippen LogP contribution is 2.54. The van der Waals surface area contributed by atoms with Crippen LogP contribution in [0.3, 0.4) is 0 Å². The van der Waals surface area contributed by atoms with Gasteiger partial charge in [-0.1, -0.05) is 31.4 Å². The van der Waals surface area contributed by atoms with E-state index in [9.17, 15) is 9.90 Å². The second kappa shape index (κ2) is 11.3. The molecule has 1 aromatic carbocycles. The lowest BCUT2D eigenvalue weighted by Gasteiger charge is -2.46. The van der Waals surface area contributed by atoms with Crippen LogP contribution in [0.25, 0.3) is 0 Å². The van der Waals surface area contributed by atoms with Crippen LogP contribution in [0, 0.1) is 5.92 Å². The van der Waals surface area contributed by atoms with Crippen molar-refractivity contribution in [1.82, 2.24) is 10.2 Å². The third kappa shape index (κ3) is 5.86. The smallest absolute Gasteiger partial charge is 0.255 e. The number of carbonyl (C=O) groups is 1. The van der Waals surface area contributed by atoms with Gasteiger partial charge in [-0.2, -0.15) is 0 Å². The van der Waals surface area contributed by atoms with E-state index in [1.807, 2.05) is 6.07 Å². The first kappa shape index (κ1) is 26.0. The second-order valence-electron chi connectivity index (χ2n) is 11.1. The Morgan fingerprint density at radius 2 is 2.00 bits per heavy atom. The number of carbonyl (C=O) groups excluding carboxylic acids is 1. The van der Waals surface area contributed by atoms with Crippen LogP contribution in [0.15, 0.2) is 17.7 Å². The van der Waals surface area contributed by atoms with Crippen LogP contribution in [0.1, 0.15) is 93.6 Å². The number of unbranched alkanes of at least 4 members (excludes halogenated alkanes) is 2. The fourth-order valence-corrected chi connectivity index (χ4v) is 6.04. The molecule has 35 heavy (non-hydrogen) atoms. The zero-order chi connectivity index (χ0) is 25.0. The summed E-state index contributed by atoms with van der Waals surface area (Å²) in [6.07, 6.45) is 9.20. The van der Waals surface area contributed by atoms with Crippen molar-refractivity contribution >= 4 is 5.91 Å². The van der Waals surface area contributed by atoms with E-state index in [0.29, 0.717) is 12.1 Å². The number of hydrogen-bond acceptors (Lipinski definition) is 5. The standard InChI is InChI=1S/C29H44N2O4/c1-5-6-7-9-21-19-24-26(22-18-20(2)10-11-23(22)29(3,4)35-24)27(32)25(21)28(33)30-12-8-13-31-14-16-34-17-15-31/h18-19,22-23,32H,5-17H2,1-4H3,(H,30,33)/t22?,23-/m1/s1. The molecule has 2 atom stereocenters. The van der Waals surface area contributed by atoms with Gasteiger partial charge in [-0.05, 0) is 71.0 Å². The molecule has 3 aliphatic rings. The maximum Gasteiger partial charge on any atom is 0.255 e. The molecule has 0 saturated carbocycles. The van der Waals surface area contributed by atoms with Gasteiger partial charge in [-0.15, -0.1) is 0 Å². The molecule has 0 radical (unpaired) electrons. The summed E-state index contributed by atoms with van der Waals surface area (Å²) in [7, 11) is 0. The Morgan fingerprint density at radius 1 is 1.23 bits per heavy atom. The molecule has 0 aromatic heterocycles. The zero-order valence-corrected chi connectivity index (χ0v) is 22.1. The van der Waals surface area contributed by atoms with Gasteiger partial charge in [-0.25, -0.2) is 0 Å². The number of aryl methyl sites for hydroxylation is 1. The van der Waals surface area contributed by atoms with Crippen molar-refractivity contribution in [3.8, 4) is 11.5 Å². The van der Waals surface area contributed by atoms with Gasteiger partial charge < -0.3 is 19.9 Å². The number of hydrogen-bond donors (Lipinski definition) is 2. The monoisotopic (exact) mass is 484 g/mol. The molecule has 1 amide bonds. The summed E-state index contributed by atoms with van der Waals surface area (Å²) in [5.41, 5.74) is 3.17. The molecule has 1 unspecified atom stereocenters. The minimum Gasteiger partial charge on any atom is -0.507 e. The number of nitrogens with one attached hydrogen (secondary N) is 1. The molecule has 1 saturated heterocycles.